The Balaban J connectivity index is 2.35. The van der Waals surface area contributed by atoms with Crippen LogP contribution < -0.4 is 0 Å². The van der Waals surface area contributed by atoms with Crippen LogP contribution in [-0.4, -0.2) is 11.1 Å². The molecule has 0 bridgehead atoms. The molecule has 0 radical (unpaired) electrons. The average molecular weight is 225 g/mol. The summed E-state index contributed by atoms with van der Waals surface area (Å²) >= 11 is 5.75. The minimum absolute atomic E-state index is 0.268. The van der Waals surface area contributed by atoms with Gasteiger partial charge in [0.2, 0.25) is 0 Å². The molecule has 0 fully saturated rings. The van der Waals surface area contributed by atoms with Gasteiger partial charge in [0.15, 0.2) is 0 Å². The first-order valence-corrected chi connectivity index (χ1v) is 5.13. The molecule has 0 heterocycles. The van der Waals surface area contributed by atoms with Crippen molar-refractivity contribution in [1.29, 1.82) is 0 Å². The molecule has 15 heavy (non-hydrogen) atoms. The zero-order chi connectivity index (χ0) is 11.3. The van der Waals surface area contributed by atoms with Gasteiger partial charge in [0.1, 0.15) is 0 Å². The molecule has 0 aromatic heterocycles. The lowest BCUT2D eigenvalue weighted by molar-refractivity contribution is -0.132. The van der Waals surface area contributed by atoms with E-state index in [0.29, 0.717) is 11.4 Å². The third-order valence-corrected chi connectivity index (χ3v) is 2.41. The predicted molar refractivity (Wildman–Crippen MR) is 61.2 cm³/mol. The molecule has 0 atom stereocenters. The van der Waals surface area contributed by atoms with Crippen molar-refractivity contribution in [1.82, 2.24) is 0 Å². The van der Waals surface area contributed by atoms with E-state index in [9.17, 15) is 4.79 Å². The maximum atomic E-state index is 10.5. The van der Waals surface area contributed by atoms with Crippen LogP contribution in [0.15, 0.2) is 36.4 Å². The molecule has 3 heteroatoms. The molecular weight excluding hydrogens is 212 g/mol. The van der Waals surface area contributed by atoms with E-state index in [1.165, 1.54) is 0 Å². The Kier molecular flexibility index (Phi) is 4.37. The van der Waals surface area contributed by atoms with E-state index < -0.39 is 5.97 Å². The third kappa shape index (κ3) is 4.17. The number of aryl methyl sites for hydroxylation is 1. The molecule has 0 aliphatic rings. The summed E-state index contributed by atoms with van der Waals surface area (Å²) in [5.41, 5.74) is 1.43. The summed E-state index contributed by atoms with van der Waals surface area (Å²) in [6.45, 7) is 3.48. The number of carboxylic acids is 1. The van der Waals surface area contributed by atoms with Crippen LogP contribution in [0.4, 0.5) is 0 Å². The normalized spacial score (nSPS) is 9.93. The quantitative estimate of drug-likeness (QED) is 0.780. The van der Waals surface area contributed by atoms with Gasteiger partial charge in [-0.2, -0.15) is 0 Å². The van der Waals surface area contributed by atoms with Crippen molar-refractivity contribution >= 4 is 17.6 Å². The first kappa shape index (κ1) is 11.8. The fraction of sp³-hybridized carbons (Fsp3) is 0.250. The van der Waals surface area contributed by atoms with E-state index in [4.69, 9.17) is 16.7 Å². The molecule has 1 aromatic carbocycles. The van der Waals surface area contributed by atoms with Crippen LogP contribution in [0.5, 0.6) is 0 Å². The molecule has 2 nitrogen and oxygen atoms in total. The van der Waals surface area contributed by atoms with Crippen LogP contribution in [0.3, 0.4) is 0 Å². The minimum atomic E-state index is -0.911. The van der Waals surface area contributed by atoms with Crippen molar-refractivity contribution in [2.24, 2.45) is 0 Å². The van der Waals surface area contributed by atoms with Gasteiger partial charge in [-0.15, -0.1) is 0 Å². The summed E-state index contributed by atoms with van der Waals surface area (Å²) in [4.78, 5) is 10.5. The van der Waals surface area contributed by atoms with Gasteiger partial charge in [-0.05, 0) is 37.0 Å². The van der Waals surface area contributed by atoms with Gasteiger partial charge in [0, 0.05) is 10.6 Å². The smallest absolute Gasteiger partial charge is 0.330 e. The largest absolute Gasteiger partial charge is 0.478 e. The number of carboxylic acid groups (broad SMARTS) is 1. The van der Waals surface area contributed by atoms with Crippen molar-refractivity contribution in [2.75, 3.05) is 0 Å². The minimum Gasteiger partial charge on any atom is -0.478 e. The van der Waals surface area contributed by atoms with Gasteiger partial charge in [0.05, 0.1) is 0 Å². The Hall–Kier alpha value is -1.28. The molecule has 80 valence electrons. The highest BCUT2D eigenvalue weighted by atomic mass is 35.5. The average Bonchev–Trinajstić information content (AvgIpc) is 2.20. The molecule has 0 saturated heterocycles. The summed E-state index contributed by atoms with van der Waals surface area (Å²) in [5.74, 6) is -0.911. The van der Waals surface area contributed by atoms with E-state index in [2.05, 4.69) is 6.58 Å². The fourth-order valence-corrected chi connectivity index (χ4v) is 1.39. The molecule has 0 aliphatic heterocycles. The fourth-order valence-electron chi connectivity index (χ4n) is 1.26. The van der Waals surface area contributed by atoms with Crippen LogP contribution in [0.2, 0.25) is 5.02 Å². The number of benzene rings is 1. The highest BCUT2D eigenvalue weighted by molar-refractivity contribution is 6.30. The molecular formula is C12H13ClO2. The predicted octanol–water partition coefficient (Wildman–Crippen LogP) is 3.30. The van der Waals surface area contributed by atoms with E-state index in [0.717, 1.165) is 18.4 Å². The van der Waals surface area contributed by atoms with Crippen LogP contribution in [0.25, 0.3) is 0 Å². The molecule has 0 saturated carbocycles. The lowest BCUT2D eigenvalue weighted by atomic mass is 10.1. The lowest BCUT2D eigenvalue weighted by Crippen LogP contribution is -1.99. The molecule has 0 aliphatic carbocycles. The van der Waals surface area contributed by atoms with E-state index in [1.54, 1.807) is 0 Å². The maximum absolute atomic E-state index is 10.5. The van der Waals surface area contributed by atoms with Crippen LogP contribution >= 0.6 is 11.6 Å². The monoisotopic (exact) mass is 224 g/mol. The van der Waals surface area contributed by atoms with Gasteiger partial charge in [-0.1, -0.05) is 30.3 Å². The van der Waals surface area contributed by atoms with Crippen molar-refractivity contribution < 1.29 is 9.90 Å². The zero-order valence-corrected chi connectivity index (χ0v) is 9.13. The van der Waals surface area contributed by atoms with Crippen LogP contribution in [-0.2, 0) is 11.2 Å². The van der Waals surface area contributed by atoms with E-state index >= 15 is 0 Å². The standard InChI is InChI=1S/C12H13ClO2/c1-9(12(14)15)3-2-4-10-5-7-11(13)8-6-10/h5-8H,1-4H2,(H,14,15). The van der Waals surface area contributed by atoms with Crippen molar-refractivity contribution in [3.8, 4) is 0 Å². The first-order chi connectivity index (χ1) is 7.09. The number of halogens is 1. The summed E-state index contributed by atoms with van der Waals surface area (Å²) < 4.78 is 0. The first-order valence-electron chi connectivity index (χ1n) is 4.75. The van der Waals surface area contributed by atoms with Crippen molar-refractivity contribution in [3.63, 3.8) is 0 Å². The van der Waals surface area contributed by atoms with Gasteiger partial charge in [-0.3, -0.25) is 0 Å². The van der Waals surface area contributed by atoms with Crippen molar-refractivity contribution in [3.05, 3.63) is 47.0 Å². The summed E-state index contributed by atoms with van der Waals surface area (Å²) in [6, 6.07) is 7.57. The van der Waals surface area contributed by atoms with Crippen LogP contribution in [0.1, 0.15) is 18.4 Å². The molecule has 1 rings (SSSR count). The Morgan fingerprint density at radius 1 is 1.33 bits per heavy atom. The Morgan fingerprint density at radius 3 is 2.47 bits per heavy atom. The molecule has 1 aromatic rings. The molecule has 0 spiro atoms. The Morgan fingerprint density at radius 2 is 1.93 bits per heavy atom. The lowest BCUT2D eigenvalue weighted by Gasteiger charge is -2.01. The second-order valence-electron chi connectivity index (χ2n) is 3.39. The van der Waals surface area contributed by atoms with Crippen molar-refractivity contribution in [2.45, 2.75) is 19.3 Å². The van der Waals surface area contributed by atoms with E-state index in [1.807, 2.05) is 24.3 Å². The number of hydrogen-bond donors (Lipinski definition) is 1. The highest BCUT2D eigenvalue weighted by Crippen LogP contribution is 2.13. The number of aliphatic carboxylic acids is 1. The Bertz CT molecular complexity index is 354. The highest BCUT2D eigenvalue weighted by Gasteiger charge is 2.03. The van der Waals surface area contributed by atoms with Gasteiger partial charge < -0.3 is 5.11 Å². The van der Waals surface area contributed by atoms with E-state index in [-0.39, 0.29) is 5.57 Å². The number of hydrogen-bond acceptors (Lipinski definition) is 1. The zero-order valence-electron chi connectivity index (χ0n) is 8.37. The van der Waals surface area contributed by atoms with Gasteiger partial charge in [0.25, 0.3) is 0 Å². The van der Waals surface area contributed by atoms with Gasteiger partial charge >= 0.3 is 5.97 Å². The summed E-state index contributed by atoms with van der Waals surface area (Å²) in [7, 11) is 0. The number of rotatable bonds is 5. The third-order valence-electron chi connectivity index (χ3n) is 2.16. The summed E-state index contributed by atoms with van der Waals surface area (Å²) in [6.07, 6.45) is 2.17. The Labute approximate surface area is 94.2 Å². The second-order valence-corrected chi connectivity index (χ2v) is 3.83. The SMILES string of the molecule is C=C(CCCc1ccc(Cl)cc1)C(=O)O. The number of carbonyl (C=O) groups is 1. The molecule has 0 unspecified atom stereocenters. The molecule has 1 N–H and O–H groups in total. The van der Waals surface area contributed by atoms with Gasteiger partial charge in [-0.25, -0.2) is 4.79 Å². The topological polar surface area (TPSA) is 37.3 Å². The summed E-state index contributed by atoms with van der Waals surface area (Å²) in [5, 5.41) is 9.31. The molecule has 0 amide bonds. The second kappa shape index (κ2) is 5.56. The van der Waals surface area contributed by atoms with Crippen LogP contribution in [0, 0.1) is 0 Å². The maximum Gasteiger partial charge on any atom is 0.330 e.